The van der Waals surface area contributed by atoms with Crippen LogP contribution in [-0.2, 0) is 0 Å². The van der Waals surface area contributed by atoms with E-state index in [-0.39, 0.29) is 5.69 Å². The summed E-state index contributed by atoms with van der Waals surface area (Å²) in [6.07, 6.45) is 1.58. The number of aromatic nitrogens is 1. The number of nitrogens with zero attached hydrogens (tertiary/aromatic N) is 3. The van der Waals surface area contributed by atoms with Crippen molar-refractivity contribution >= 4 is 28.3 Å². The number of methoxy groups -OCH3 is 1. The average molecular weight is 378 g/mol. The molecule has 0 unspecified atom stereocenters. The number of nitriles is 1. The zero-order valence-corrected chi connectivity index (χ0v) is 15.1. The first-order chi connectivity index (χ1) is 13.1. The fourth-order valence-electron chi connectivity index (χ4n) is 2.29. The van der Waals surface area contributed by atoms with Gasteiger partial charge >= 0.3 is 0 Å². The maximum Gasteiger partial charge on any atom is 0.270 e. The second kappa shape index (κ2) is 8.12. The van der Waals surface area contributed by atoms with Crippen LogP contribution in [0.1, 0.15) is 5.01 Å². The number of anilines is 1. The number of nitrogens with one attached hydrogen (secondary N) is 1. The highest BCUT2D eigenvalue weighted by molar-refractivity contribution is 7.11. The van der Waals surface area contributed by atoms with Crippen molar-refractivity contribution in [2.45, 2.75) is 0 Å². The van der Waals surface area contributed by atoms with Crippen LogP contribution < -0.4 is 10.1 Å². The Hall–Kier alpha value is -3.70. The molecule has 0 aliphatic carbocycles. The number of allylic oxidation sites excluding steroid dienone is 1. The van der Waals surface area contributed by atoms with Gasteiger partial charge in [-0.3, -0.25) is 10.1 Å². The summed E-state index contributed by atoms with van der Waals surface area (Å²) in [5.41, 5.74) is 2.39. The van der Waals surface area contributed by atoms with E-state index in [0.717, 1.165) is 11.4 Å². The number of nitro benzene ring substituents is 1. The van der Waals surface area contributed by atoms with E-state index >= 15 is 0 Å². The minimum atomic E-state index is -0.448. The molecule has 0 bridgehead atoms. The summed E-state index contributed by atoms with van der Waals surface area (Å²) in [4.78, 5) is 14.9. The van der Waals surface area contributed by atoms with Gasteiger partial charge in [-0.25, -0.2) is 4.98 Å². The number of benzene rings is 2. The van der Waals surface area contributed by atoms with Crippen molar-refractivity contribution in [3.8, 4) is 23.1 Å². The Morgan fingerprint density at radius 1 is 1.33 bits per heavy atom. The lowest BCUT2D eigenvalue weighted by molar-refractivity contribution is -0.384. The number of non-ortho nitro benzene ring substituents is 1. The van der Waals surface area contributed by atoms with Gasteiger partial charge in [0, 0.05) is 35.0 Å². The van der Waals surface area contributed by atoms with Gasteiger partial charge in [0.25, 0.3) is 5.69 Å². The second-order valence-corrected chi connectivity index (χ2v) is 6.25. The molecule has 1 N–H and O–H groups in total. The van der Waals surface area contributed by atoms with Gasteiger partial charge in [0.15, 0.2) is 0 Å². The Kier molecular flexibility index (Phi) is 5.44. The van der Waals surface area contributed by atoms with Crippen molar-refractivity contribution in [3.05, 3.63) is 75.2 Å². The van der Waals surface area contributed by atoms with E-state index in [1.165, 1.54) is 23.5 Å². The van der Waals surface area contributed by atoms with Crippen LogP contribution in [0.25, 0.3) is 16.8 Å². The van der Waals surface area contributed by atoms with Gasteiger partial charge in [0.1, 0.15) is 22.4 Å². The molecule has 0 amide bonds. The quantitative estimate of drug-likeness (QED) is 0.379. The fraction of sp³-hybridized carbons (Fsp3) is 0.0526. The van der Waals surface area contributed by atoms with E-state index in [0.29, 0.717) is 21.8 Å². The normalized spacial score (nSPS) is 10.9. The fourth-order valence-corrected chi connectivity index (χ4v) is 3.09. The second-order valence-electron chi connectivity index (χ2n) is 5.39. The Balaban J connectivity index is 1.81. The highest BCUT2D eigenvalue weighted by atomic mass is 32.1. The summed E-state index contributed by atoms with van der Waals surface area (Å²) in [6, 6.07) is 15.7. The number of hydrogen-bond donors (Lipinski definition) is 1. The summed E-state index contributed by atoms with van der Waals surface area (Å²) in [6.45, 7) is 0. The topological polar surface area (TPSA) is 101 Å². The molecule has 1 aromatic heterocycles. The predicted molar refractivity (Wildman–Crippen MR) is 104 cm³/mol. The zero-order chi connectivity index (χ0) is 19.2. The van der Waals surface area contributed by atoms with Gasteiger partial charge in [0.2, 0.25) is 0 Å². The number of rotatable bonds is 6. The van der Waals surface area contributed by atoms with Crippen LogP contribution in [0.3, 0.4) is 0 Å². The maximum atomic E-state index is 10.9. The highest BCUT2D eigenvalue weighted by Crippen LogP contribution is 2.28. The molecule has 134 valence electrons. The first kappa shape index (κ1) is 18.1. The lowest BCUT2D eigenvalue weighted by Crippen LogP contribution is -1.92. The molecular formula is C19H14N4O3S. The number of ether oxygens (including phenoxy) is 1. The third-order valence-corrected chi connectivity index (χ3v) is 4.56. The molecule has 0 atom stereocenters. The van der Waals surface area contributed by atoms with Gasteiger partial charge in [0.05, 0.1) is 17.7 Å². The van der Waals surface area contributed by atoms with Crippen molar-refractivity contribution in [2.24, 2.45) is 0 Å². The molecule has 27 heavy (non-hydrogen) atoms. The van der Waals surface area contributed by atoms with Crippen LogP contribution in [0.4, 0.5) is 11.4 Å². The number of thiazole rings is 1. The van der Waals surface area contributed by atoms with Crippen LogP contribution in [0, 0.1) is 21.4 Å². The summed E-state index contributed by atoms with van der Waals surface area (Å²) >= 11 is 1.30. The summed E-state index contributed by atoms with van der Waals surface area (Å²) in [5.74, 6) is 0.742. The molecule has 2 aromatic carbocycles. The molecular weight excluding hydrogens is 364 g/mol. The molecule has 0 saturated heterocycles. The lowest BCUT2D eigenvalue weighted by Gasteiger charge is -2.03. The predicted octanol–water partition coefficient (Wildman–Crippen LogP) is 4.70. The Labute approximate surface area is 159 Å². The Morgan fingerprint density at radius 2 is 2.11 bits per heavy atom. The molecule has 0 radical (unpaired) electrons. The maximum absolute atomic E-state index is 10.9. The number of hydrogen-bond acceptors (Lipinski definition) is 7. The third-order valence-electron chi connectivity index (χ3n) is 3.68. The molecule has 7 nitrogen and oxygen atoms in total. The first-order valence-electron chi connectivity index (χ1n) is 7.82. The Morgan fingerprint density at radius 3 is 2.78 bits per heavy atom. The molecule has 1 heterocycles. The highest BCUT2D eigenvalue weighted by Gasteiger charge is 2.12. The van der Waals surface area contributed by atoms with Crippen molar-refractivity contribution in [1.29, 1.82) is 5.26 Å². The Bertz CT molecular complexity index is 1040. The minimum absolute atomic E-state index is 0.000675. The molecule has 3 rings (SSSR count). The van der Waals surface area contributed by atoms with Crippen LogP contribution in [-0.4, -0.2) is 17.0 Å². The smallest absolute Gasteiger partial charge is 0.270 e. The van der Waals surface area contributed by atoms with Gasteiger partial charge in [-0.05, 0) is 24.3 Å². The SMILES string of the molecule is COc1ccc(N/C=C(\C#N)c2nc(-c3cccc([N+](=O)[O-])c3)cs2)cc1. The van der Waals surface area contributed by atoms with Crippen LogP contribution in [0.5, 0.6) is 5.75 Å². The van der Waals surface area contributed by atoms with E-state index in [2.05, 4.69) is 16.4 Å². The van der Waals surface area contributed by atoms with Gasteiger partial charge in [-0.15, -0.1) is 11.3 Å². The monoisotopic (exact) mass is 378 g/mol. The molecule has 3 aromatic rings. The first-order valence-corrected chi connectivity index (χ1v) is 8.70. The van der Waals surface area contributed by atoms with Gasteiger partial charge < -0.3 is 10.1 Å². The van der Waals surface area contributed by atoms with E-state index in [1.807, 2.05) is 24.3 Å². The van der Waals surface area contributed by atoms with E-state index < -0.39 is 4.92 Å². The van der Waals surface area contributed by atoms with E-state index in [9.17, 15) is 15.4 Å². The number of nitro groups is 1. The van der Waals surface area contributed by atoms with Gasteiger partial charge in [-0.1, -0.05) is 12.1 Å². The van der Waals surface area contributed by atoms with E-state index in [1.54, 1.807) is 30.8 Å². The summed E-state index contributed by atoms with van der Waals surface area (Å²) in [7, 11) is 1.59. The molecule has 0 aliphatic heterocycles. The van der Waals surface area contributed by atoms with Gasteiger partial charge in [-0.2, -0.15) is 5.26 Å². The zero-order valence-electron chi connectivity index (χ0n) is 14.2. The average Bonchev–Trinajstić information content (AvgIpc) is 3.19. The van der Waals surface area contributed by atoms with Crippen LogP contribution in [0.2, 0.25) is 0 Å². The third kappa shape index (κ3) is 4.29. The standard InChI is InChI=1S/C19H14N4O3S/c1-26-17-7-5-15(6-8-17)21-11-14(10-20)19-22-18(12-27-19)13-3-2-4-16(9-13)23(24)25/h2-9,11-12,21H,1H3/b14-11+. The van der Waals surface area contributed by atoms with Crippen LogP contribution in [0.15, 0.2) is 60.1 Å². The van der Waals surface area contributed by atoms with Crippen LogP contribution >= 0.6 is 11.3 Å². The molecule has 0 saturated carbocycles. The molecule has 8 heteroatoms. The van der Waals surface area contributed by atoms with Crippen molar-refractivity contribution in [3.63, 3.8) is 0 Å². The lowest BCUT2D eigenvalue weighted by atomic mass is 10.1. The molecule has 0 fully saturated rings. The molecule has 0 aliphatic rings. The summed E-state index contributed by atoms with van der Waals surface area (Å²) in [5, 5.41) is 25.7. The van der Waals surface area contributed by atoms with E-state index in [4.69, 9.17) is 4.74 Å². The largest absolute Gasteiger partial charge is 0.497 e. The minimum Gasteiger partial charge on any atom is -0.497 e. The summed E-state index contributed by atoms with van der Waals surface area (Å²) < 4.78 is 5.11. The van der Waals surface area contributed by atoms with Crippen molar-refractivity contribution in [2.75, 3.05) is 12.4 Å². The molecule has 0 spiro atoms. The van der Waals surface area contributed by atoms with Crippen molar-refractivity contribution in [1.82, 2.24) is 4.98 Å². The van der Waals surface area contributed by atoms with Crippen molar-refractivity contribution < 1.29 is 9.66 Å².